The molecule has 2 aliphatic rings. The van der Waals surface area contributed by atoms with Crippen LogP contribution in [0.4, 0.5) is 16.0 Å². The summed E-state index contributed by atoms with van der Waals surface area (Å²) in [6.45, 7) is 3.13. The highest BCUT2D eigenvalue weighted by atomic mass is 32.1. The molecule has 2 fully saturated rings. The molecule has 7 nitrogen and oxygen atoms in total. The fraction of sp³-hybridized carbons (Fsp3) is 0.412. The number of halogens is 1. The minimum Gasteiger partial charge on any atom is -0.338 e. The van der Waals surface area contributed by atoms with Crippen molar-refractivity contribution in [1.29, 1.82) is 0 Å². The number of aromatic nitrogens is 2. The van der Waals surface area contributed by atoms with E-state index in [1.54, 1.807) is 9.80 Å². The average Bonchev–Trinajstić information content (AvgIpc) is 3.28. The summed E-state index contributed by atoms with van der Waals surface area (Å²) in [6.07, 6.45) is 2.97. The summed E-state index contributed by atoms with van der Waals surface area (Å²) in [4.78, 5) is 38.3. The molecule has 0 bridgehead atoms. The zero-order valence-corrected chi connectivity index (χ0v) is 15.1. The number of amides is 2. The second kappa shape index (κ2) is 6.31. The Morgan fingerprint density at radius 2 is 2.08 bits per heavy atom. The predicted molar refractivity (Wildman–Crippen MR) is 95.6 cm³/mol. The van der Waals surface area contributed by atoms with Crippen molar-refractivity contribution in [3.05, 3.63) is 35.0 Å². The van der Waals surface area contributed by atoms with Crippen LogP contribution in [-0.4, -0.2) is 58.4 Å². The molecule has 2 aliphatic heterocycles. The van der Waals surface area contributed by atoms with Crippen molar-refractivity contribution in [3.63, 3.8) is 0 Å². The molecule has 0 saturated carbocycles. The predicted octanol–water partition coefficient (Wildman–Crippen LogP) is 1.52. The molecule has 2 amide bonds. The van der Waals surface area contributed by atoms with Crippen LogP contribution < -0.4 is 9.80 Å². The lowest BCUT2D eigenvalue weighted by Crippen LogP contribution is -2.66. The molecule has 0 N–H and O–H groups in total. The maximum absolute atomic E-state index is 13.1. The lowest BCUT2D eigenvalue weighted by molar-refractivity contribution is -0.142. The first-order valence-electron chi connectivity index (χ1n) is 8.32. The second-order valence-electron chi connectivity index (χ2n) is 6.66. The average molecular weight is 375 g/mol. The monoisotopic (exact) mass is 375 g/mol. The van der Waals surface area contributed by atoms with Gasteiger partial charge in [0.25, 0.3) is 0 Å². The van der Waals surface area contributed by atoms with E-state index in [4.69, 9.17) is 0 Å². The van der Waals surface area contributed by atoms with Crippen molar-refractivity contribution in [2.75, 3.05) is 36.0 Å². The zero-order chi connectivity index (χ0) is 18.3. The molecular weight excluding hydrogens is 357 g/mol. The van der Waals surface area contributed by atoms with E-state index in [0.29, 0.717) is 32.0 Å². The van der Waals surface area contributed by atoms with Gasteiger partial charge in [-0.25, -0.2) is 14.4 Å². The molecule has 4 heterocycles. The molecule has 1 atom stereocenters. The van der Waals surface area contributed by atoms with E-state index in [1.165, 1.54) is 18.3 Å². The Morgan fingerprint density at radius 1 is 1.31 bits per heavy atom. The van der Waals surface area contributed by atoms with E-state index in [9.17, 15) is 14.0 Å². The van der Waals surface area contributed by atoms with Crippen LogP contribution in [0, 0.1) is 5.82 Å². The summed E-state index contributed by atoms with van der Waals surface area (Å²) in [7, 11) is 0. The van der Waals surface area contributed by atoms with Crippen molar-refractivity contribution in [1.82, 2.24) is 14.9 Å². The number of thiophene rings is 1. The van der Waals surface area contributed by atoms with Gasteiger partial charge < -0.3 is 14.7 Å². The van der Waals surface area contributed by atoms with E-state index in [1.807, 2.05) is 21.7 Å². The highest BCUT2D eigenvalue weighted by Gasteiger charge is 2.50. The van der Waals surface area contributed by atoms with Crippen LogP contribution >= 0.6 is 11.3 Å². The highest BCUT2D eigenvalue weighted by molar-refractivity contribution is 7.08. The normalized spacial score (nSPS) is 23.2. The van der Waals surface area contributed by atoms with Crippen LogP contribution in [0.2, 0.25) is 0 Å². The minimum atomic E-state index is -0.501. The van der Waals surface area contributed by atoms with Crippen molar-refractivity contribution >= 4 is 34.8 Å². The Bertz CT molecular complexity index is 828. The second-order valence-corrected chi connectivity index (χ2v) is 7.44. The summed E-state index contributed by atoms with van der Waals surface area (Å²) in [5.74, 6) is -0.253. The molecular formula is C17H18FN5O2S. The number of carbonyl (C=O) groups is 2. The maximum Gasteiger partial charge on any atom is 0.246 e. The molecule has 9 heteroatoms. The molecule has 1 spiro atoms. The van der Waals surface area contributed by atoms with Gasteiger partial charge in [-0.15, -0.1) is 0 Å². The van der Waals surface area contributed by atoms with Crippen molar-refractivity contribution in [2.45, 2.75) is 18.9 Å². The van der Waals surface area contributed by atoms with Gasteiger partial charge >= 0.3 is 0 Å². The van der Waals surface area contributed by atoms with Crippen LogP contribution in [0.15, 0.2) is 29.2 Å². The molecule has 1 unspecified atom stereocenters. The van der Waals surface area contributed by atoms with E-state index in [2.05, 4.69) is 9.97 Å². The molecule has 26 heavy (non-hydrogen) atoms. The number of piperazine rings is 1. The van der Waals surface area contributed by atoms with E-state index < -0.39 is 11.4 Å². The van der Waals surface area contributed by atoms with Crippen LogP contribution in [0.25, 0.3) is 0 Å². The number of carbonyl (C=O) groups excluding carboxylic acids is 2. The standard InChI is InChI=1S/C17H18FN5O2S/c1-12(24)23-8-15(25)22(14-2-5-26-9-14)11-17(23)3-4-21(10-17)16-19-6-13(18)7-20-16/h2,5-7,9H,3-4,8,10-11H2,1H3. The summed E-state index contributed by atoms with van der Waals surface area (Å²) < 4.78 is 13.1. The third-order valence-electron chi connectivity index (χ3n) is 5.04. The molecule has 2 aromatic rings. The van der Waals surface area contributed by atoms with E-state index in [-0.39, 0.29) is 18.4 Å². The first-order chi connectivity index (χ1) is 12.5. The Kier molecular flexibility index (Phi) is 4.10. The molecule has 0 aliphatic carbocycles. The van der Waals surface area contributed by atoms with Crippen LogP contribution in [0.3, 0.4) is 0 Å². The Labute approximate surface area is 154 Å². The van der Waals surface area contributed by atoms with Gasteiger partial charge in [0.2, 0.25) is 17.8 Å². The third kappa shape index (κ3) is 2.82. The summed E-state index contributed by atoms with van der Waals surface area (Å²) >= 11 is 1.53. The topological polar surface area (TPSA) is 69.6 Å². The third-order valence-corrected chi connectivity index (χ3v) is 5.71. The molecule has 2 aromatic heterocycles. The van der Waals surface area contributed by atoms with Crippen molar-refractivity contribution in [3.8, 4) is 0 Å². The number of rotatable bonds is 2. The van der Waals surface area contributed by atoms with Crippen molar-refractivity contribution in [2.24, 2.45) is 0 Å². The largest absolute Gasteiger partial charge is 0.338 e. The van der Waals surface area contributed by atoms with Gasteiger partial charge in [-0.05, 0) is 17.9 Å². The lowest BCUT2D eigenvalue weighted by Gasteiger charge is -2.47. The lowest BCUT2D eigenvalue weighted by atomic mass is 9.92. The van der Waals surface area contributed by atoms with Gasteiger partial charge in [-0.2, -0.15) is 11.3 Å². The maximum atomic E-state index is 13.1. The highest BCUT2D eigenvalue weighted by Crippen LogP contribution is 2.36. The van der Waals surface area contributed by atoms with Crippen LogP contribution in [0.5, 0.6) is 0 Å². The van der Waals surface area contributed by atoms with E-state index in [0.717, 1.165) is 18.1 Å². The Hall–Kier alpha value is -2.55. The smallest absolute Gasteiger partial charge is 0.246 e. The van der Waals surface area contributed by atoms with Crippen molar-refractivity contribution < 1.29 is 14.0 Å². The molecule has 0 aromatic carbocycles. The Balaban J connectivity index is 1.64. The summed E-state index contributed by atoms with van der Waals surface area (Å²) in [6, 6.07) is 1.91. The molecule has 136 valence electrons. The van der Waals surface area contributed by atoms with Gasteiger partial charge in [-0.3, -0.25) is 9.59 Å². The summed E-state index contributed by atoms with van der Waals surface area (Å²) in [5.41, 5.74) is 0.360. The summed E-state index contributed by atoms with van der Waals surface area (Å²) in [5, 5.41) is 3.87. The quantitative estimate of drug-likeness (QED) is 0.796. The van der Waals surface area contributed by atoms with Gasteiger partial charge in [0, 0.05) is 25.4 Å². The van der Waals surface area contributed by atoms with Gasteiger partial charge in [0.15, 0.2) is 5.82 Å². The first-order valence-corrected chi connectivity index (χ1v) is 9.26. The fourth-order valence-electron chi connectivity index (χ4n) is 3.79. The van der Waals surface area contributed by atoms with Gasteiger partial charge in [0.1, 0.15) is 6.54 Å². The SMILES string of the molecule is CC(=O)N1CC(=O)N(c2ccsc2)CC12CCN(c1ncc(F)cn1)C2. The molecule has 4 rings (SSSR count). The first kappa shape index (κ1) is 16.9. The van der Waals surface area contributed by atoms with Crippen LogP contribution in [0.1, 0.15) is 13.3 Å². The number of nitrogens with zero attached hydrogens (tertiary/aromatic N) is 5. The van der Waals surface area contributed by atoms with Gasteiger partial charge in [0.05, 0.1) is 30.2 Å². The molecule has 0 radical (unpaired) electrons. The number of hydrogen-bond donors (Lipinski definition) is 0. The number of anilines is 2. The Morgan fingerprint density at radius 3 is 2.73 bits per heavy atom. The minimum absolute atomic E-state index is 0.0588. The van der Waals surface area contributed by atoms with Crippen LogP contribution in [-0.2, 0) is 9.59 Å². The van der Waals surface area contributed by atoms with Gasteiger partial charge in [-0.1, -0.05) is 0 Å². The van der Waals surface area contributed by atoms with E-state index >= 15 is 0 Å². The zero-order valence-electron chi connectivity index (χ0n) is 14.3. The fourth-order valence-corrected chi connectivity index (χ4v) is 4.43. The number of hydrogen-bond acceptors (Lipinski definition) is 6. The molecule has 2 saturated heterocycles.